The van der Waals surface area contributed by atoms with Crippen LogP contribution in [0.15, 0.2) is 71.8 Å². The molecule has 4 nitrogen and oxygen atoms in total. The van der Waals surface area contributed by atoms with Crippen molar-refractivity contribution in [2.75, 3.05) is 0 Å². The zero-order valence-electron chi connectivity index (χ0n) is 13.7. The van der Waals surface area contributed by atoms with Crippen LogP contribution >= 0.6 is 0 Å². The van der Waals surface area contributed by atoms with Gasteiger partial charge in [-0.3, -0.25) is 0 Å². The van der Waals surface area contributed by atoms with E-state index in [1.807, 2.05) is 30.3 Å². The number of primary sulfonamides is 1. The van der Waals surface area contributed by atoms with Crippen molar-refractivity contribution in [3.8, 4) is 0 Å². The minimum Gasteiger partial charge on any atom is -0.482 e. The Hall–Kier alpha value is -2.37. The Kier molecular flexibility index (Phi) is 3.60. The number of hydrogen-bond donors (Lipinski definition) is 1. The molecule has 0 saturated heterocycles. The van der Waals surface area contributed by atoms with Crippen molar-refractivity contribution in [1.29, 1.82) is 0 Å². The second-order valence-corrected chi connectivity index (χ2v) is 8.12. The predicted molar refractivity (Wildman–Crippen MR) is 97.9 cm³/mol. The van der Waals surface area contributed by atoms with Crippen molar-refractivity contribution in [2.45, 2.75) is 29.8 Å². The van der Waals surface area contributed by atoms with Gasteiger partial charge in [0.05, 0.1) is 4.90 Å². The highest BCUT2D eigenvalue weighted by atomic mass is 32.2. The Bertz CT molecular complexity index is 969. The molecule has 128 valence electrons. The van der Waals surface area contributed by atoms with Gasteiger partial charge in [-0.1, -0.05) is 49.0 Å². The summed E-state index contributed by atoms with van der Waals surface area (Å²) in [5.41, 5.74) is 3.76. The molecule has 0 bridgehead atoms. The summed E-state index contributed by atoms with van der Waals surface area (Å²) in [6.07, 6.45) is 2.98. The molecule has 2 aromatic carbocycles. The number of rotatable bonds is 3. The lowest BCUT2D eigenvalue weighted by atomic mass is 9.71. The first-order valence-corrected chi connectivity index (χ1v) is 9.77. The fourth-order valence-electron chi connectivity index (χ4n) is 3.68. The summed E-state index contributed by atoms with van der Waals surface area (Å²) in [6.45, 7) is 4.13. The molecule has 5 heteroatoms. The van der Waals surface area contributed by atoms with E-state index in [9.17, 15) is 8.42 Å². The summed E-state index contributed by atoms with van der Waals surface area (Å²) >= 11 is 0. The number of ether oxygens (including phenoxy) is 1. The number of sulfonamides is 1. The Balaban J connectivity index is 1.90. The maximum atomic E-state index is 11.5. The van der Waals surface area contributed by atoms with Gasteiger partial charge in [-0.15, -0.1) is 0 Å². The quantitative estimate of drug-likeness (QED) is 0.914. The third-order valence-corrected chi connectivity index (χ3v) is 5.93. The van der Waals surface area contributed by atoms with Crippen LogP contribution in [-0.4, -0.2) is 14.0 Å². The molecule has 1 fully saturated rings. The fourth-order valence-corrected chi connectivity index (χ4v) is 4.20. The highest BCUT2D eigenvalue weighted by Gasteiger charge is 2.50. The van der Waals surface area contributed by atoms with E-state index in [-0.39, 0.29) is 10.5 Å². The molecule has 1 aliphatic carbocycles. The van der Waals surface area contributed by atoms with E-state index < -0.39 is 10.0 Å². The largest absolute Gasteiger partial charge is 0.482 e. The number of hydrogen-bond acceptors (Lipinski definition) is 3. The van der Waals surface area contributed by atoms with E-state index in [1.54, 1.807) is 24.3 Å². The molecule has 4 rings (SSSR count). The van der Waals surface area contributed by atoms with E-state index in [1.165, 1.54) is 0 Å². The second-order valence-electron chi connectivity index (χ2n) is 6.56. The molecular weight excluding hydrogens is 334 g/mol. The summed E-state index contributed by atoms with van der Waals surface area (Å²) in [5, 5.41) is 5.21. The van der Waals surface area contributed by atoms with Gasteiger partial charge in [-0.05, 0) is 42.5 Å². The van der Waals surface area contributed by atoms with E-state index >= 15 is 0 Å². The van der Waals surface area contributed by atoms with E-state index in [0.717, 1.165) is 41.5 Å². The standard InChI is InChI=1S/C20H19NO3S/c1-14-18(15-6-3-2-4-7-15)19(20(24-14)12-5-13-20)16-8-10-17(11-9-16)25(21,22)23/h2-4,6-11H,1,5,12-13H2,(H2,21,22,23). The smallest absolute Gasteiger partial charge is 0.238 e. The van der Waals surface area contributed by atoms with Crippen molar-refractivity contribution in [3.63, 3.8) is 0 Å². The topological polar surface area (TPSA) is 69.4 Å². The summed E-state index contributed by atoms with van der Waals surface area (Å²) < 4.78 is 29.3. The monoisotopic (exact) mass is 353 g/mol. The molecule has 0 radical (unpaired) electrons. The Morgan fingerprint density at radius 2 is 1.60 bits per heavy atom. The Labute approximate surface area is 147 Å². The number of nitrogens with two attached hydrogens (primary N) is 1. The van der Waals surface area contributed by atoms with Crippen LogP contribution in [-0.2, 0) is 14.8 Å². The first kappa shape index (κ1) is 16.1. The molecule has 2 N–H and O–H groups in total. The highest BCUT2D eigenvalue weighted by Crippen LogP contribution is 2.56. The first-order chi connectivity index (χ1) is 11.9. The summed E-state index contributed by atoms with van der Waals surface area (Å²) in [7, 11) is -3.70. The first-order valence-electron chi connectivity index (χ1n) is 8.22. The molecule has 25 heavy (non-hydrogen) atoms. The van der Waals surface area contributed by atoms with Gasteiger partial charge < -0.3 is 4.74 Å². The van der Waals surface area contributed by atoms with Crippen LogP contribution in [0.25, 0.3) is 11.1 Å². The van der Waals surface area contributed by atoms with E-state index in [0.29, 0.717) is 5.76 Å². The van der Waals surface area contributed by atoms with Crippen LogP contribution in [0, 0.1) is 0 Å². The fraction of sp³-hybridized carbons (Fsp3) is 0.200. The lowest BCUT2D eigenvalue weighted by Gasteiger charge is -2.40. The van der Waals surface area contributed by atoms with Gasteiger partial charge in [-0.2, -0.15) is 0 Å². The lowest BCUT2D eigenvalue weighted by molar-refractivity contribution is 0.00803. The van der Waals surface area contributed by atoms with Crippen molar-refractivity contribution in [2.24, 2.45) is 5.14 Å². The van der Waals surface area contributed by atoms with Gasteiger partial charge in [0.2, 0.25) is 10.0 Å². The normalized spacial score (nSPS) is 19.0. The Morgan fingerprint density at radius 3 is 2.12 bits per heavy atom. The van der Waals surface area contributed by atoms with E-state index in [4.69, 9.17) is 9.88 Å². The van der Waals surface area contributed by atoms with Gasteiger partial charge in [0.15, 0.2) is 0 Å². The molecule has 0 unspecified atom stereocenters. The predicted octanol–water partition coefficient (Wildman–Crippen LogP) is 3.71. The minimum absolute atomic E-state index is 0.110. The van der Waals surface area contributed by atoms with Crippen LogP contribution in [0.4, 0.5) is 0 Å². The SMILES string of the molecule is C=C1OC2(CCC2)C(c2ccc(S(N)(=O)=O)cc2)=C1c1ccccc1. The van der Waals surface area contributed by atoms with Gasteiger partial charge in [0.1, 0.15) is 11.4 Å². The maximum absolute atomic E-state index is 11.5. The van der Waals surface area contributed by atoms with Gasteiger partial charge in [-0.25, -0.2) is 13.6 Å². The molecular formula is C20H19NO3S. The molecule has 0 atom stereocenters. The van der Waals surface area contributed by atoms with Crippen molar-refractivity contribution >= 4 is 21.2 Å². The molecule has 0 aromatic heterocycles. The summed E-state index contributed by atoms with van der Waals surface area (Å²) in [6, 6.07) is 16.7. The van der Waals surface area contributed by atoms with Gasteiger partial charge in [0, 0.05) is 11.1 Å². The average molecular weight is 353 g/mol. The van der Waals surface area contributed by atoms with Crippen molar-refractivity contribution < 1.29 is 13.2 Å². The second kappa shape index (κ2) is 5.58. The number of benzene rings is 2. The van der Waals surface area contributed by atoms with Crippen LogP contribution in [0.1, 0.15) is 30.4 Å². The Morgan fingerprint density at radius 1 is 0.960 bits per heavy atom. The molecule has 2 aromatic rings. The maximum Gasteiger partial charge on any atom is 0.238 e. The zero-order valence-corrected chi connectivity index (χ0v) is 14.6. The third kappa shape index (κ3) is 2.60. The van der Waals surface area contributed by atoms with E-state index in [2.05, 4.69) is 6.58 Å². The van der Waals surface area contributed by atoms with Crippen LogP contribution in [0.5, 0.6) is 0 Å². The molecule has 2 aliphatic rings. The van der Waals surface area contributed by atoms with Gasteiger partial charge >= 0.3 is 0 Å². The molecule has 1 spiro atoms. The van der Waals surface area contributed by atoms with Crippen LogP contribution in [0.3, 0.4) is 0 Å². The van der Waals surface area contributed by atoms with Gasteiger partial charge in [0.25, 0.3) is 0 Å². The van der Waals surface area contributed by atoms with Crippen LogP contribution in [0.2, 0.25) is 0 Å². The molecule has 0 amide bonds. The van der Waals surface area contributed by atoms with Crippen LogP contribution < -0.4 is 5.14 Å². The van der Waals surface area contributed by atoms with Crippen molar-refractivity contribution in [1.82, 2.24) is 0 Å². The highest BCUT2D eigenvalue weighted by molar-refractivity contribution is 7.89. The third-order valence-electron chi connectivity index (χ3n) is 5.00. The average Bonchev–Trinajstić information content (AvgIpc) is 2.88. The molecule has 1 heterocycles. The molecule has 1 saturated carbocycles. The summed E-state index contributed by atoms with van der Waals surface area (Å²) in [5.74, 6) is 0.677. The minimum atomic E-state index is -3.70. The molecule has 1 aliphatic heterocycles. The lowest BCUT2D eigenvalue weighted by Crippen LogP contribution is -2.38. The number of allylic oxidation sites excluding steroid dienone is 1. The zero-order chi connectivity index (χ0) is 17.7. The summed E-state index contributed by atoms with van der Waals surface area (Å²) in [4.78, 5) is 0.110. The van der Waals surface area contributed by atoms with Crippen molar-refractivity contribution in [3.05, 3.63) is 78.1 Å².